The van der Waals surface area contributed by atoms with Crippen LogP contribution in [0.2, 0.25) is 5.02 Å². The quantitative estimate of drug-likeness (QED) is 0.735. The standard InChI is InChI=1S/C15H18ClF3N2O3S2/c1-9(2)20(3)14(22)13-7-25-8-21(13)26(23,24)10-4-5-12(16)11(6-10)15(17,18)19/h4-6,9,13H,7-8H2,1-3H3/t13-/m0/s1. The van der Waals surface area contributed by atoms with E-state index < -0.39 is 43.6 Å². The number of likely N-dealkylation sites (N-methyl/N-ethyl adjacent to an activating group) is 1. The van der Waals surface area contributed by atoms with Crippen molar-refractivity contribution in [3.63, 3.8) is 0 Å². The largest absolute Gasteiger partial charge is 0.417 e. The van der Waals surface area contributed by atoms with Crippen molar-refractivity contribution in [3.05, 3.63) is 28.8 Å². The van der Waals surface area contributed by atoms with Gasteiger partial charge in [-0.25, -0.2) is 8.42 Å². The first-order valence-electron chi connectivity index (χ1n) is 7.60. The van der Waals surface area contributed by atoms with Crippen LogP contribution in [0.3, 0.4) is 0 Å². The second-order valence-electron chi connectivity index (χ2n) is 6.09. The van der Waals surface area contributed by atoms with E-state index in [0.717, 1.165) is 16.4 Å². The number of hydrogen-bond donors (Lipinski definition) is 0. The summed E-state index contributed by atoms with van der Waals surface area (Å²) >= 11 is 6.79. The van der Waals surface area contributed by atoms with Crippen molar-refractivity contribution < 1.29 is 26.4 Å². The van der Waals surface area contributed by atoms with Crippen LogP contribution in [-0.2, 0) is 21.0 Å². The topological polar surface area (TPSA) is 57.7 Å². The summed E-state index contributed by atoms with van der Waals surface area (Å²) in [5, 5.41) is -0.584. The maximum absolute atomic E-state index is 13.0. The van der Waals surface area contributed by atoms with Crippen molar-refractivity contribution in [2.75, 3.05) is 18.7 Å². The van der Waals surface area contributed by atoms with E-state index in [1.807, 2.05) is 0 Å². The van der Waals surface area contributed by atoms with E-state index in [1.54, 1.807) is 20.9 Å². The molecule has 2 rings (SSSR count). The summed E-state index contributed by atoms with van der Waals surface area (Å²) in [5.74, 6) is -0.151. The molecule has 11 heteroatoms. The zero-order valence-corrected chi connectivity index (χ0v) is 16.6. The van der Waals surface area contributed by atoms with Crippen LogP contribution < -0.4 is 0 Å². The summed E-state index contributed by atoms with van der Waals surface area (Å²) < 4.78 is 65.8. The molecule has 146 valence electrons. The van der Waals surface area contributed by atoms with Crippen LogP contribution in [0.5, 0.6) is 0 Å². The number of thioether (sulfide) groups is 1. The van der Waals surface area contributed by atoms with Crippen LogP contribution in [0.1, 0.15) is 19.4 Å². The number of amides is 1. The molecule has 0 aliphatic carbocycles. The molecule has 1 aromatic carbocycles. The second kappa shape index (κ2) is 7.57. The molecule has 0 aromatic heterocycles. The van der Waals surface area contributed by atoms with Crippen molar-refractivity contribution in [1.82, 2.24) is 9.21 Å². The summed E-state index contributed by atoms with van der Waals surface area (Å²) in [5.41, 5.74) is -1.23. The van der Waals surface area contributed by atoms with Gasteiger partial charge >= 0.3 is 6.18 Å². The van der Waals surface area contributed by atoms with E-state index >= 15 is 0 Å². The molecule has 1 heterocycles. The first-order chi connectivity index (χ1) is 11.9. The van der Waals surface area contributed by atoms with E-state index in [2.05, 4.69) is 0 Å². The molecule has 0 saturated carbocycles. The normalized spacial score (nSPS) is 19.2. The Morgan fingerprint density at radius 3 is 2.54 bits per heavy atom. The highest BCUT2D eigenvalue weighted by atomic mass is 35.5. The van der Waals surface area contributed by atoms with Crippen LogP contribution in [0, 0.1) is 0 Å². The average Bonchev–Trinajstić information content (AvgIpc) is 3.02. The van der Waals surface area contributed by atoms with Gasteiger partial charge in [-0.1, -0.05) is 11.6 Å². The SMILES string of the molecule is CC(C)N(C)C(=O)[C@@H]1CSCN1S(=O)(=O)c1ccc(Cl)c(C(F)(F)F)c1. The minimum absolute atomic E-state index is 0.00530. The van der Waals surface area contributed by atoms with Crippen LogP contribution in [0.25, 0.3) is 0 Å². The molecular formula is C15H18ClF3N2O3S2. The Morgan fingerprint density at radius 2 is 2.00 bits per heavy atom. The Balaban J connectivity index is 2.42. The zero-order valence-electron chi connectivity index (χ0n) is 14.2. The fraction of sp³-hybridized carbons (Fsp3) is 0.533. The monoisotopic (exact) mass is 430 g/mol. The van der Waals surface area contributed by atoms with Crippen LogP contribution in [0.4, 0.5) is 13.2 Å². The highest BCUT2D eigenvalue weighted by molar-refractivity contribution is 8.00. The van der Waals surface area contributed by atoms with Crippen LogP contribution >= 0.6 is 23.4 Å². The first-order valence-corrected chi connectivity index (χ1v) is 10.6. The van der Waals surface area contributed by atoms with E-state index in [0.29, 0.717) is 6.07 Å². The van der Waals surface area contributed by atoms with Crippen molar-refractivity contribution in [2.45, 2.75) is 37.0 Å². The van der Waals surface area contributed by atoms with Gasteiger partial charge in [-0.05, 0) is 32.0 Å². The third kappa shape index (κ3) is 4.13. The Labute approximate surface area is 159 Å². The molecular weight excluding hydrogens is 413 g/mol. The number of sulfonamides is 1. The third-order valence-corrected chi connectivity index (χ3v) is 7.45. The smallest absolute Gasteiger partial charge is 0.342 e. The summed E-state index contributed by atoms with van der Waals surface area (Å²) in [7, 11) is -2.72. The lowest BCUT2D eigenvalue weighted by molar-refractivity contribution is -0.137. The second-order valence-corrected chi connectivity index (χ2v) is 9.39. The van der Waals surface area contributed by atoms with E-state index in [-0.39, 0.29) is 17.7 Å². The van der Waals surface area contributed by atoms with E-state index in [1.165, 1.54) is 16.7 Å². The highest BCUT2D eigenvalue weighted by Gasteiger charge is 2.42. The number of carbonyl (C=O) groups is 1. The van der Waals surface area contributed by atoms with Crippen LogP contribution in [0.15, 0.2) is 23.1 Å². The molecule has 0 spiro atoms. The van der Waals surface area contributed by atoms with Crippen LogP contribution in [-0.4, -0.2) is 54.3 Å². The van der Waals surface area contributed by atoms with Gasteiger partial charge < -0.3 is 4.90 Å². The molecule has 1 aromatic rings. The molecule has 1 aliphatic rings. The Morgan fingerprint density at radius 1 is 1.38 bits per heavy atom. The molecule has 0 N–H and O–H groups in total. The highest BCUT2D eigenvalue weighted by Crippen LogP contribution is 2.37. The zero-order chi connectivity index (χ0) is 19.9. The molecule has 26 heavy (non-hydrogen) atoms. The number of rotatable bonds is 4. The first kappa shape index (κ1) is 21.3. The number of nitrogens with zero attached hydrogens (tertiary/aromatic N) is 2. The molecule has 1 aliphatic heterocycles. The minimum Gasteiger partial charge on any atom is -0.342 e. The van der Waals surface area contributed by atoms with Gasteiger partial charge in [-0.15, -0.1) is 11.8 Å². The Kier molecular flexibility index (Phi) is 6.21. The molecule has 0 radical (unpaired) electrons. The van der Waals surface area contributed by atoms with Gasteiger partial charge in [-0.3, -0.25) is 4.79 Å². The lowest BCUT2D eigenvalue weighted by Crippen LogP contribution is -2.49. The van der Waals surface area contributed by atoms with Gasteiger partial charge in [0.15, 0.2) is 0 Å². The van der Waals surface area contributed by atoms with E-state index in [9.17, 15) is 26.4 Å². The Hall–Kier alpha value is -0.970. The fourth-order valence-corrected chi connectivity index (χ4v) is 5.75. The third-order valence-electron chi connectivity index (χ3n) is 4.10. The van der Waals surface area contributed by atoms with Gasteiger partial charge in [0.1, 0.15) is 6.04 Å². The van der Waals surface area contributed by atoms with Gasteiger partial charge in [0.25, 0.3) is 0 Å². The predicted octanol–water partition coefficient (Wildman–Crippen LogP) is 3.29. The maximum Gasteiger partial charge on any atom is 0.417 e. The number of benzene rings is 1. The predicted molar refractivity (Wildman–Crippen MR) is 94.5 cm³/mol. The molecule has 0 unspecified atom stereocenters. The lowest BCUT2D eigenvalue weighted by atomic mass is 10.2. The van der Waals surface area contributed by atoms with Crippen molar-refractivity contribution in [2.24, 2.45) is 0 Å². The molecule has 1 amide bonds. The van der Waals surface area contributed by atoms with Gasteiger partial charge in [0, 0.05) is 18.8 Å². The minimum atomic E-state index is -4.78. The number of carbonyl (C=O) groups excluding carboxylic acids is 1. The fourth-order valence-electron chi connectivity index (χ4n) is 2.37. The molecule has 0 bridgehead atoms. The van der Waals surface area contributed by atoms with E-state index in [4.69, 9.17) is 11.6 Å². The van der Waals surface area contributed by atoms with Gasteiger partial charge in [0.2, 0.25) is 15.9 Å². The van der Waals surface area contributed by atoms with Crippen molar-refractivity contribution in [1.29, 1.82) is 0 Å². The molecule has 1 saturated heterocycles. The Bertz CT molecular complexity index is 800. The maximum atomic E-state index is 13.0. The summed E-state index contributed by atoms with van der Waals surface area (Å²) in [4.78, 5) is 13.4. The van der Waals surface area contributed by atoms with Crippen molar-refractivity contribution in [3.8, 4) is 0 Å². The van der Waals surface area contributed by atoms with Gasteiger partial charge in [-0.2, -0.15) is 17.5 Å². The molecule has 5 nitrogen and oxygen atoms in total. The summed E-state index contributed by atoms with van der Waals surface area (Å²) in [6.07, 6.45) is -4.78. The summed E-state index contributed by atoms with van der Waals surface area (Å²) in [6.45, 7) is 3.57. The van der Waals surface area contributed by atoms with Crippen molar-refractivity contribution >= 4 is 39.3 Å². The number of alkyl halides is 3. The average molecular weight is 431 g/mol. The molecule has 1 atom stereocenters. The summed E-state index contributed by atoms with van der Waals surface area (Å²) in [6, 6.07) is 1.34. The molecule has 1 fully saturated rings. The van der Waals surface area contributed by atoms with Gasteiger partial charge in [0.05, 0.1) is 21.4 Å². The number of hydrogen-bond acceptors (Lipinski definition) is 4. The lowest BCUT2D eigenvalue weighted by Gasteiger charge is -2.29. The number of halogens is 4.